The van der Waals surface area contributed by atoms with Gasteiger partial charge in [0.15, 0.2) is 0 Å². The first-order valence-electron chi connectivity index (χ1n) is 5.23. The molecule has 2 N–H and O–H groups in total. The number of amides is 1. The van der Waals surface area contributed by atoms with Crippen LogP contribution in [0, 0.1) is 0 Å². The Hall–Kier alpha value is -1.48. The number of hydrogen-bond acceptors (Lipinski definition) is 2. The molecule has 1 aliphatic heterocycles. The van der Waals surface area contributed by atoms with Gasteiger partial charge in [-0.1, -0.05) is 24.6 Å². The molecule has 0 fully saturated rings. The first kappa shape index (κ1) is 11.0. The molecule has 2 rings (SSSR count). The standard InChI is InChI=1S/C12H13ClN2O/c1-2-8-3-4-9(5-11(8)13)15-10-6-12(16)14-7-10/h3-6,15H,2,7H2,1H3,(H,14,16). The first-order valence-corrected chi connectivity index (χ1v) is 5.60. The molecule has 1 aliphatic rings. The van der Waals surface area contributed by atoms with E-state index in [1.54, 1.807) is 6.08 Å². The van der Waals surface area contributed by atoms with E-state index >= 15 is 0 Å². The highest BCUT2D eigenvalue weighted by atomic mass is 35.5. The summed E-state index contributed by atoms with van der Waals surface area (Å²) in [6.45, 7) is 2.61. The van der Waals surface area contributed by atoms with Crippen molar-refractivity contribution in [2.75, 3.05) is 11.9 Å². The monoisotopic (exact) mass is 236 g/mol. The summed E-state index contributed by atoms with van der Waals surface area (Å²) < 4.78 is 0. The van der Waals surface area contributed by atoms with E-state index in [-0.39, 0.29) is 5.91 Å². The zero-order valence-electron chi connectivity index (χ0n) is 9.01. The summed E-state index contributed by atoms with van der Waals surface area (Å²) in [4.78, 5) is 11.0. The van der Waals surface area contributed by atoms with Crippen LogP contribution in [0.1, 0.15) is 12.5 Å². The molecular formula is C12H13ClN2O. The van der Waals surface area contributed by atoms with E-state index < -0.39 is 0 Å². The molecule has 0 spiro atoms. The van der Waals surface area contributed by atoms with Crippen LogP contribution < -0.4 is 10.6 Å². The molecule has 0 saturated carbocycles. The van der Waals surface area contributed by atoms with Crippen molar-refractivity contribution in [2.45, 2.75) is 13.3 Å². The largest absolute Gasteiger partial charge is 0.357 e. The fourth-order valence-corrected chi connectivity index (χ4v) is 1.93. The van der Waals surface area contributed by atoms with E-state index in [1.807, 2.05) is 18.2 Å². The third-order valence-electron chi connectivity index (χ3n) is 2.50. The molecule has 4 heteroatoms. The summed E-state index contributed by atoms with van der Waals surface area (Å²) in [6.07, 6.45) is 2.48. The molecule has 0 unspecified atom stereocenters. The van der Waals surface area contributed by atoms with E-state index in [9.17, 15) is 4.79 Å². The Morgan fingerprint density at radius 3 is 2.88 bits per heavy atom. The molecule has 16 heavy (non-hydrogen) atoms. The van der Waals surface area contributed by atoms with Crippen LogP contribution in [0.2, 0.25) is 5.02 Å². The maximum atomic E-state index is 11.0. The minimum Gasteiger partial charge on any atom is -0.357 e. The average molecular weight is 237 g/mol. The first-order chi connectivity index (χ1) is 7.69. The average Bonchev–Trinajstić information content (AvgIpc) is 2.64. The van der Waals surface area contributed by atoms with Crippen molar-refractivity contribution < 1.29 is 4.79 Å². The van der Waals surface area contributed by atoms with E-state index in [1.165, 1.54) is 0 Å². The van der Waals surface area contributed by atoms with Crippen LogP contribution in [0.4, 0.5) is 5.69 Å². The molecule has 84 valence electrons. The normalized spacial score (nSPS) is 14.6. The lowest BCUT2D eigenvalue weighted by Gasteiger charge is -2.08. The van der Waals surface area contributed by atoms with Crippen molar-refractivity contribution >= 4 is 23.2 Å². The maximum Gasteiger partial charge on any atom is 0.246 e. The number of aryl methyl sites for hydroxylation is 1. The van der Waals surface area contributed by atoms with Gasteiger partial charge in [0.2, 0.25) is 5.91 Å². The number of nitrogens with one attached hydrogen (secondary N) is 2. The van der Waals surface area contributed by atoms with Crippen molar-refractivity contribution in [1.29, 1.82) is 0 Å². The molecule has 0 bridgehead atoms. The van der Waals surface area contributed by atoms with E-state index in [4.69, 9.17) is 11.6 Å². The number of hydrogen-bond donors (Lipinski definition) is 2. The van der Waals surface area contributed by atoms with Gasteiger partial charge in [0.1, 0.15) is 0 Å². The molecule has 1 aromatic carbocycles. The summed E-state index contributed by atoms with van der Waals surface area (Å²) in [5.41, 5.74) is 2.90. The summed E-state index contributed by atoms with van der Waals surface area (Å²) in [5, 5.41) is 6.61. The van der Waals surface area contributed by atoms with Crippen molar-refractivity contribution in [3.63, 3.8) is 0 Å². The Balaban J connectivity index is 2.13. The maximum absolute atomic E-state index is 11.0. The number of anilines is 1. The minimum absolute atomic E-state index is 0.0567. The van der Waals surface area contributed by atoms with Gasteiger partial charge in [0.05, 0.1) is 6.54 Å². The topological polar surface area (TPSA) is 41.1 Å². The zero-order chi connectivity index (χ0) is 11.5. The Kier molecular flexibility index (Phi) is 3.15. The number of carbonyl (C=O) groups excluding carboxylic acids is 1. The van der Waals surface area contributed by atoms with Crippen molar-refractivity contribution in [1.82, 2.24) is 5.32 Å². The highest BCUT2D eigenvalue weighted by molar-refractivity contribution is 6.31. The predicted octanol–water partition coefficient (Wildman–Crippen LogP) is 2.33. The molecule has 0 saturated heterocycles. The van der Waals surface area contributed by atoms with Crippen LogP contribution in [0.5, 0.6) is 0 Å². The fraction of sp³-hybridized carbons (Fsp3) is 0.250. The van der Waals surface area contributed by atoms with Crippen LogP contribution in [0.15, 0.2) is 30.0 Å². The molecule has 0 aliphatic carbocycles. The van der Waals surface area contributed by atoms with Gasteiger partial charge in [-0.3, -0.25) is 4.79 Å². The van der Waals surface area contributed by atoms with E-state index in [2.05, 4.69) is 17.6 Å². The zero-order valence-corrected chi connectivity index (χ0v) is 9.77. The lowest BCUT2D eigenvalue weighted by molar-refractivity contribution is -0.115. The summed E-state index contributed by atoms with van der Waals surface area (Å²) in [5.74, 6) is -0.0567. The van der Waals surface area contributed by atoms with Gasteiger partial charge in [-0.15, -0.1) is 0 Å². The third kappa shape index (κ3) is 2.36. The predicted molar refractivity (Wildman–Crippen MR) is 65.5 cm³/mol. The van der Waals surface area contributed by atoms with Gasteiger partial charge >= 0.3 is 0 Å². The summed E-state index contributed by atoms with van der Waals surface area (Å²) >= 11 is 6.10. The fourth-order valence-electron chi connectivity index (χ4n) is 1.62. The van der Waals surface area contributed by atoms with Crippen LogP contribution in [-0.2, 0) is 11.2 Å². The number of carbonyl (C=O) groups is 1. The van der Waals surface area contributed by atoms with Crippen molar-refractivity contribution in [2.24, 2.45) is 0 Å². The van der Waals surface area contributed by atoms with Crippen LogP contribution in [0.3, 0.4) is 0 Å². The van der Waals surface area contributed by atoms with Crippen LogP contribution >= 0.6 is 11.6 Å². The molecule has 1 heterocycles. The Morgan fingerprint density at radius 2 is 2.31 bits per heavy atom. The van der Waals surface area contributed by atoms with Gasteiger partial charge in [-0.05, 0) is 24.1 Å². The molecule has 1 amide bonds. The lowest BCUT2D eigenvalue weighted by atomic mass is 10.1. The highest BCUT2D eigenvalue weighted by Gasteiger charge is 2.10. The van der Waals surface area contributed by atoms with Crippen LogP contribution in [0.25, 0.3) is 0 Å². The van der Waals surface area contributed by atoms with Gasteiger partial charge in [0, 0.05) is 22.5 Å². The number of rotatable bonds is 3. The van der Waals surface area contributed by atoms with Gasteiger partial charge in [-0.25, -0.2) is 0 Å². The molecule has 0 atom stereocenters. The van der Waals surface area contributed by atoms with E-state index in [0.717, 1.165) is 28.4 Å². The Labute approximate surface area is 99.5 Å². The smallest absolute Gasteiger partial charge is 0.246 e. The van der Waals surface area contributed by atoms with Gasteiger partial charge < -0.3 is 10.6 Å². The van der Waals surface area contributed by atoms with Gasteiger partial charge in [-0.2, -0.15) is 0 Å². The summed E-state index contributed by atoms with van der Waals surface area (Å²) in [7, 11) is 0. The lowest BCUT2D eigenvalue weighted by Crippen LogP contribution is -2.16. The second-order valence-electron chi connectivity index (χ2n) is 3.67. The molecule has 3 nitrogen and oxygen atoms in total. The van der Waals surface area contributed by atoms with E-state index in [0.29, 0.717) is 6.54 Å². The molecular weight excluding hydrogens is 224 g/mol. The molecule has 0 aromatic heterocycles. The number of halogens is 1. The SMILES string of the molecule is CCc1ccc(NC2=CC(=O)NC2)cc1Cl. The quantitative estimate of drug-likeness (QED) is 0.846. The van der Waals surface area contributed by atoms with Crippen molar-refractivity contribution in [3.05, 3.63) is 40.6 Å². The minimum atomic E-state index is -0.0567. The second-order valence-corrected chi connectivity index (χ2v) is 4.08. The Morgan fingerprint density at radius 1 is 1.50 bits per heavy atom. The molecule has 1 aromatic rings. The number of benzene rings is 1. The van der Waals surface area contributed by atoms with Crippen molar-refractivity contribution in [3.8, 4) is 0 Å². The van der Waals surface area contributed by atoms with Gasteiger partial charge in [0.25, 0.3) is 0 Å². The Bertz CT molecular complexity index is 454. The second kappa shape index (κ2) is 4.58. The van der Waals surface area contributed by atoms with Crippen LogP contribution in [-0.4, -0.2) is 12.5 Å². The molecule has 0 radical (unpaired) electrons. The third-order valence-corrected chi connectivity index (χ3v) is 2.85. The highest BCUT2D eigenvalue weighted by Crippen LogP contribution is 2.22. The summed E-state index contributed by atoms with van der Waals surface area (Å²) in [6, 6.07) is 5.84.